The smallest absolute Gasteiger partial charge is 0.268 e. The lowest BCUT2D eigenvalue weighted by atomic mass is 10.2. The Labute approximate surface area is 87.1 Å². The van der Waals surface area contributed by atoms with Crippen LogP contribution in [0.25, 0.3) is 0 Å². The van der Waals surface area contributed by atoms with Crippen LogP contribution in [-0.2, 0) is 0 Å². The maximum atomic E-state index is 11.5. The summed E-state index contributed by atoms with van der Waals surface area (Å²) < 4.78 is 0. The highest BCUT2D eigenvalue weighted by atomic mass is 16.3. The summed E-state index contributed by atoms with van der Waals surface area (Å²) in [6, 6.07) is 4.27. The highest BCUT2D eigenvalue weighted by molar-refractivity contribution is 5.92. The number of hydrogen-bond acceptors (Lipinski definition) is 3. The predicted octanol–water partition coefficient (Wildman–Crippen LogP) is -0.124. The van der Waals surface area contributed by atoms with Crippen molar-refractivity contribution in [1.29, 1.82) is 0 Å². The van der Waals surface area contributed by atoms with Crippen molar-refractivity contribution in [3.8, 4) is 0 Å². The summed E-state index contributed by atoms with van der Waals surface area (Å²) in [4.78, 5) is 24.9. The Morgan fingerprint density at radius 1 is 1.60 bits per heavy atom. The van der Waals surface area contributed by atoms with Gasteiger partial charge in [-0.05, 0) is 19.4 Å². The Kier molecular flexibility index (Phi) is 4.05. The number of carbonyl (C=O) groups is 1. The zero-order valence-corrected chi connectivity index (χ0v) is 8.49. The van der Waals surface area contributed by atoms with Gasteiger partial charge in [0.05, 0.1) is 0 Å². The van der Waals surface area contributed by atoms with Crippen LogP contribution in [-0.4, -0.2) is 28.6 Å². The fourth-order valence-electron chi connectivity index (χ4n) is 1.15. The van der Waals surface area contributed by atoms with Crippen molar-refractivity contribution in [3.63, 3.8) is 0 Å². The number of pyridine rings is 1. The van der Waals surface area contributed by atoms with E-state index in [1.165, 1.54) is 18.2 Å². The highest BCUT2D eigenvalue weighted by Crippen LogP contribution is 1.94. The van der Waals surface area contributed by atoms with Gasteiger partial charge in [0.25, 0.3) is 5.91 Å². The van der Waals surface area contributed by atoms with E-state index in [0.717, 1.165) is 0 Å². The molecule has 1 unspecified atom stereocenters. The molecule has 1 amide bonds. The number of aliphatic hydroxyl groups is 1. The fraction of sp³-hybridized carbons (Fsp3) is 0.400. The van der Waals surface area contributed by atoms with Gasteiger partial charge >= 0.3 is 0 Å². The Morgan fingerprint density at radius 2 is 2.33 bits per heavy atom. The predicted molar refractivity (Wildman–Crippen MR) is 55.7 cm³/mol. The van der Waals surface area contributed by atoms with Gasteiger partial charge in [0, 0.05) is 18.7 Å². The molecule has 1 aromatic heterocycles. The molecule has 0 radical (unpaired) electrons. The van der Waals surface area contributed by atoms with E-state index >= 15 is 0 Å². The molecule has 0 saturated heterocycles. The van der Waals surface area contributed by atoms with E-state index in [1.54, 1.807) is 6.92 Å². The normalized spacial score (nSPS) is 12.1. The van der Waals surface area contributed by atoms with Gasteiger partial charge in [-0.25, -0.2) is 0 Å². The van der Waals surface area contributed by atoms with Crippen LogP contribution < -0.4 is 10.9 Å². The van der Waals surface area contributed by atoms with E-state index in [4.69, 9.17) is 5.11 Å². The van der Waals surface area contributed by atoms with Crippen molar-refractivity contribution in [2.24, 2.45) is 0 Å². The van der Waals surface area contributed by atoms with Crippen molar-refractivity contribution in [2.45, 2.75) is 19.4 Å². The van der Waals surface area contributed by atoms with Crippen LogP contribution in [0.1, 0.15) is 23.8 Å². The summed E-state index contributed by atoms with van der Waals surface area (Å²) in [5, 5.41) is 11.3. The molecule has 0 fully saturated rings. The third-order valence-corrected chi connectivity index (χ3v) is 1.95. The molecule has 0 aliphatic carbocycles. The zero-order chi connectivity index (χ0) is 11.3. The molecular formula is C10H14N2O3. The van der Waals surface area contributed by atoms with Crippen molar-refractivity contribution in [2.75, 3.05) is 6.61 Å². The third-order valence-electron chi connectivity index (χ3n) is 1.95. The summed E-state index contributed by atoms with van der Waals surface area (Å²) in [6.07, 6.45) is 0.489. The largest absolute Gasteiger partial charge is 0.396 e. The van der Waals surface area contributed by atoms with Crippen molar-refractivity contribution >= 4 is 5.91 Å². The van der Waals surface area contributed by atoms with Crippen LogP contribution in [0.3, 0.4) is 0 Å². The van der Waals surface area contributed by atoms with E-state index in [1.807, 2.05) is 0 Å². The second kappa shape index (κ2) is 5.31. The highest BCUT2D eigenvalue weighted by Gasteiger charge is 2.09. The third kappa shape index (κ3) is 3.55. The molecule has 1 rings (SSSR count). The molecule has 82 valence electrons. The summed E-state index contributed by atoms with van der Waals surface area (Å²) in [5.74, 6) is -0.339. The van der Waals surface area contributed by atoms with E-state index in [2.05, 4.69) is 10.3 Å². The maximum Gasteiger partial charge on any atom is 0.268 e. The van der Waals surface area contributed by atoms with Gasteiger partial charge in [-0.15, -0.1) is 0 Å². The van der Waals surface area contributed by atoms with Gasteiger partial charge in [-0.2, -0.15) is 0 Å². The number of rotatable bonds is 4. The summed E-state index contributed by atoms with van der Waals surface area (Å²) in [5.41, 5.74) is -0.0789. The monoisotopic (exact) mass is 210 g/mol. The maximum absolute atomic E-state index is 11.5. The molecule has 0 saturated carbocycles. The Hall–Kier alpha value is -1.62. The molecule has 1 atom stereocenters. The summed E-state index contributed by atoms with van der Waals surface area (Å²) in [7, 11) is 0. The van der Waals surface area contributed by atoms with Crippen LogP contribution >= 0.6 is 0 Å². The number of nitrogens with one attached hydrogen (secondary N) is 2. The lowest BCUT2D eigenvalue weighted by molar-refractivity contribution is 0.0929. The molecule has 5 nitrogen and oxygen atoms in total. The first-order chi connectivity index (χ1) is 7.13. The molecule has 0 spiro atoms. The van der Waals surface area contributed by atoms with E-state index in [9.17, 15) is 9.59 Å². The topological polar surface area (TPSA) is 82.2 Å². The molecule has 1 heterocycles. The summed E-state index contributed by atoms with van der Waals surface area (Å²) in [6.45, 7) is 1.81. The molecule has 0 aromatic carbocycles. The van der Waals surface area contributed by atoms with Gasteiger partial charge in [-0.3, -0.25) is 9.59 Å². The van der Waals surface area contributed by atoms with Crippen LogP contribution in [0.5, 0.6) is 0 Å². The molecule has 1 aromatic rings. The fourth-order valence-corrected chi connectivity index (χ4v) is 1.15. The average Bonchev–Trinajstić information content (AvgIpc) is 2.18. The molecule has 0 aliphatic rings. The molecule has 0 bridgehead atoms. The zero-order valence-electron chi connectivity index (χ0n) is 8.49. The molecular weight excluding hydrogens is 196 g/mol. The van der Waals surface area contributed by atoms with Crippen molar-refractivity contribution in [1.82, 2.24) is 10.3 Å². The number of H-pyrrole nitrogens is 1. The van der Waals surface area contributed by atoms with Crippen molar-refractivity contribution in [3.05, 3.63) is 34.2 Å². The molecule has 0 aliphatic heterocycles. The molecule has 3 N–H and O–H groups in total. The minimum absolute atomic E-state index is 0.0206. The molecule has 15 heavy (non-hydrogen) atoms. The van der Waals surface area contributed by atoms with Crippen molar-refractivity contribution < 1.29 is 9.90 Å². The number of carbonyl (C=O) groups excluding carboxylic acids is 1. The van der Waals surface area contributed by atoms with Gasteiger partial charge in [-0.1, -0.05) is 6.07 Å². The summed E-state index contributed by atoms with van der Waals surface area (Å²) >= 11 is 0. The Morgan fingerprint density at radius 3 is 2.93 bits per heavy atom. The Bertz CT molecular complexity index is 386. The van der Waals surface area contributed by atoms with Crippen LogP contribution in [0.4, 0.5) is 0 Å². The quantitative estimate of drug-likeness (QED) is 0.647. The average molecular weight is 210 g/mol. The van der Waals surface area contributed by atoms with Gasteiger partial charge in [0.1, 0.15) is 5.69 Å². The number of hydrogen-bond donors (Lipinski definition) is 3. The van der Waals surface area contributed by atoms with E-state index in [0.29, 0.717) is 6.42 Å². The Balaban J connectivity index is 2.65. The number of amides is 1. The van der Waals surface area contributed by atoms with Crippen LogP contribution in [0.2, 0.25) is 0 Å². The standard InChI is InChI=1S/C10H14N2O3/c1-7(5-6-13)11-10(15)8-3-2-4-9(14)12-8/h2-4,7,13H,5-6H2,1H3,(H,11,15)(H,12,14). The number of aliphatic hydroxyl groups excluding tert-OH is 1. The second-order valence-corrected chi connectivity index (χ2v) is 3.32. The first kappa shape index (κ1) is 11.5. The van der Waals surface area contributed by atoms with Crippen LogP contribution in [0, 0.1) is 0 Å². The SMILES string of the molecule is CC(CCO)NC(=O)c1cccc(=O)[nH]1. The first-order valence-corrected chi connectivity index (χ1v) is 4.74. The number of aromatic nitrogens is 1. The second-order valence-electron chi connectivity index (χ2n) is 3.32. The van der Waals surface area contributed by atoms with Gasteiger partial charge < -0.3 is 15.4 Å². The van der Waals surface area contributed by atoms with Gasteiger partial charge in [0.15, 0.2) is 0 Å². The van der Waals surface area contributed by atoms with E-state index in [-0.39, 0.29) is 29.8 Å². The molecule has 5 heteroatoms. The van der Waals surface area contributed by atoms with Crippen LogP contribution in [0.15, 0.2) is 23.0 Å². The van der Waals surface area contributed by atoms with Gasteiger partial charge in [0.2, 0.25) is 5.56 Å². The first-order valence-electron chi connectivity index (χ1n) is 4.74. The van der Waals surface area contributed by atoms with E-state index < -0.39 is 0 Å². The lowest BCUT2D eigenvalue weighted by Crippen LogP contribution is -2.34. The lowest BCUT2D eigenvalue weighted by Gasteiger charge is -2.11. The minimum atomic E-state index is -0.339. The minimum Gasteiger partial charge on any atom is -0.396 e. The number of aromatic amines is 1.